The van der Waals surface area contributed by atoms with E-state index in [1.807, 2.05) is 13.8 Å². The molecule has 1 nitrogen and oxygen atoms in total. The summed E-state index contributed by atoms with van der Waals surface area (Å²) in [4.78, 5) is 3.78. The molecule has 0 saturated carbocycles. The summed E-state index contributed by atoms with van der Waals surface area (Å²) in [5, 5.41) is 0. The lowest BCUT2D eigenvalue weighted by Gasteiger charge is -2.19. The highest BCUT2D eigenvalue weighted by Gasteiger charge is 2.16. The van der Waals surface area contributed by atoms with E-state index < -0.39 is 0 Å². The molecule has 12 heavy (non-hydrogen) atoms. The average molecular weight is 165 g/mol. The van der Waals surface area contributed by atoms with Gasteiger partial charge in [-0.15, -0.1) is 6.58 Å². The molecular weight excluding hydrogens is 153 g/mol. The van der Waals surface area contributed by atoms with E-state index in [0.717, 1.165) is 5.56 Å². The molecule has 1 aromatic rings. The topological polar surface area (TPSA) is 12.9 Å². The van der Waals surface area contributed by atoms with E-state index in [9.17, 15) is 4.39 Å². The van der Waals surface area contributed by atoms with Crippen LogP contribution >= 0.6 is 0 Å². The SMILES string of the molecule is C=CC(C)(C)c1cncc(F)c1. The third-order valence-corrected chi connectivity index (χ3v) is 1.96. The first kappa shape index (κ1) is 8.91. The molecule has 0 amide bonds. The van der Waals surface area contributed by atoms with Crippen molar-refractivity contribution in [2.24, 2.45) is 0 Å². The molecular formula is C10H12FN. The van der Waals surface area contributed by atoms with Gasteiger partial charge in [0.15, 0.2) is 0 Å². The summed E-state index contributed by atoms with van der Waals surface area (Å²) in [6.07, 6.45) is 4.64. The van der Waals surface area contributed by atoms with Crippen LogP contribution < -0.4 is 0 Å². The summed E-state index contributed by atoms with van der Waals surface area (Å²) in [6.45, 7) is 7.63. The molecule has 0 fully saturated rings. The molecule has 0 aliphatic rings. The zero-order valence-corrected chi connectivity index (χ0v) is 7.34. The quantitative estimate of drug-likeness (QED) is 0.614. The van der Waals surface area contributed by atoms with Crippen molar-refractivity contribution in [2.45, 2.75) is 19.3 Å². The van der Waals surface area contributed by atoms with Gasteiger partial charge in [-0.05, 0) is 11.6 Å². The minimum atomic E-state index is -0.303. The Bertz CT molecular complexity index is 292. The maximum absolute atomic E-state index is 12.7. The van der Waals surface area contributed by atoms with Gasteiger partial charge >= 0.3 is 0 Å². The minimum absolute atomic E-state index is 0.213. The second kappa shape index (κ2) is 3.05. The third-order valence-electron chi connectivity index (χ3n) is 1.96. The Hall–Kier alpha value is -1.18. The van der Waals surface area contributed by atoms with Crippen LogP contribution in [-0.2, 0) is 5.41 Å². The molecule has 2 heteroatoms. The van der Waals surface area contributed by atoms with Crippen molar-refractivity contribution < 1.29 is 4.39 Å². The Morgan fingerprint density at radius 1 is 1.50 bits per heavy atom. The molecule has 0 bridgehead atoms. The number of pyridine rings is 1. The molecule has 0 saturated heterocycles. The minimum Gasteiger partial charge on any atom is -0.261 e. The van der Waals surface area contributed by atoms with E-state index in [0.29, 0.717) is 0 Å². The van der Waals surface area contributed by atoms with E-state index in [-0.39, 0.29) is 11.2 Å². The van der Waals surface area contributed by atoms with Gasteiger partial charge in [-0.2, -0.15) is 0 Å². The highest BCUT2D eigenvalue weighted by Crippen LogP contribution is 2.23. The molecule has 0 aromatic carbocycles. The first-order valence-corrected chi connectivity index (χ1v) is 3.81. The Labute approximate surface area is 72.0 Å². The number of aromatic nitrogens is 1. The predicted octanol–water partition coefficient (Wildman–Crippen LogP) is 2.68. The van der Waals surface area contributed by atoms with Crippen LogP contribution in [0.4, 0.5) is 4.39 Å². The van der Waals surface area contributed by atoms with Crippen molar-refractivity contribution in [3.63, 3.8) is 0 Å². The van der Waals surface area contributed by atoms with Gasteiger partial charge in [0.1, 0.15) is 5.82 Å². The number of hydrogen-bond acceptors (Lipinski definition) is 1. The standard InChI is InChI=1S/C10H12FN/c1-4-10(2,3)8-5-9(11)7-12-6-8/h4-7H,1H2,2-3H3. The van der Waals surface area contributed by atoms with Crippen molar-refractivity contribution >= 4 is 0 Å². The van der Waals surface area contributed by atoms with Gasteiger partial charge in [-0.1, -0.05) is 19.9 Å². The van der Waals surface area contributed by atoms with Crippen LogP contribution in [0.15, 0.2) is 31.1 Å². The first-order chi connectivity index (χ1) is 5.56. The number of hydrogen-bond donors (Lipinski definition) is 0. The van der Waals surface area contributed by atoms with Gasteiger partial charge in [-0.3, -0.25) is 4.98 Å². The maximum Gasteiger partial charge on any atom is 0.141 e. The second-order valence-electron chi connectivity index (χ2n) is 3.32. The molecule has 0 radical (unpaired) electrons. The normalized spacial score (nSPS) is 11.2. The van der Waals surface area contributed by atoms with Crippen LogP contribution in [0.1, 0.15) is 19.4 Å². The van der Waals surface area contributed by atoms with Crippen molar-refractivity contribution in [1.82, 2.24) is 4.98 Å². The highest BCUT2D eigenvalue weighted by atomic mass is 19.1. The van der Waals surface area contributed by atoms with E-state index in [1.165, 1.54) is 12.3 Å². The van der Waals surface area contributed by atoms with E-state index in [1.54, 1.807) is 12.3 Å². The van der Waals surface area contributed by atoms with Crippen molar-refractivity contribution in [3.8, 4) is 0 Å². The van der Waals surface area contributed by atoms with Crippen molar-refractivity contribution in [3.05, 3.63) is 42.5 Å². The van der Waals surface area contributed by atoms with E-state index >= 15 is 0 Å². The van der Waals surface area contributed by atoms with Crippen LogP contribution in [0, 0.1) is 5.82 Å². The molecule has 64 valence electrons. The summed E-state index contributed by atoms with van der Waals surface area (Å²) in [7, 11) is 0. The van der Waals surface area contributed by atoms with Crippen molar-refractivity contribution in [2.75, 3.05) is 0 Å². The van der Waals surface area contributed by atoms with Crippen LogP contribution in [-0.4, -0.2) is 4.98 Å². The fraction of sp³-hybridized carbons (Fsp3) is 0.300. The van der Waals surface area contributed by atoms with Gasteiger partial charge in [0.2, 0.25) is 0 Å². The fourth-order valence-corrected chi connectivity index (χ4v) is 0.882. The number of rotatable bonds is 2. The lowest BCUT2D eigenvalue weighted by atomic mass is 9.86. The van der Waals surface area contributed by atoms with Crippen molar-refractivity contribution in [1.29, 1.82) is 0 Å². The fourth-order valence-electron chi connectivity index (χ4n) is 0.882. The number of halogens is 1. The lowest BCUT2D eigenvalue weighted by Crippen LogP contribution is -2.13. The lowest BCUT2D eigenvalue weighted by molar-refractivity contribution is 0.601. The van der Waals surface area contributed by atoms with Gasteiger partial charge in [-0.25, -0.2) is 4.39 Å². The van der Waals surface area contributed by atoms with Gasteiger partial charge in [0.25, 0.3) is 0 Å². The third kappa shape index (κ3) is 1.70. The molecule has 0 unspecified atom stereocenters. The summed E-state index contributed by atoms with van der Waals surface area (Å²) in [5.41, 5.74) is 0.632. The molecule has 0 aliphatic carbocycles. The first-order valence-electron chi connectivity index (χ1n) is 3.81. The zero-order chi connectivity index (χ0) is 9.19. The molecule has 0 atom stereocenters. The van der Waals surface area contributed by atoms with Gasteiger partial charge in [0, 0.05) is 11.6 Å². The van der Waals surface area contributed by atoms with E-state index in [4.69, 9.17) is 0 Å². The van der Waals surface area contributed by atoms with Crippen LogP contribution in [0.5, 0.6) is 0 Å². The Morgan fingerprint density at radius 2 is 2.17 bits per heavy atom. The molecule has 1 heterocycles. The molecule has 0 aliphatic heterocycles. The molecule has 1 rings (SSSR count). The van der Waals surface area contributed by atoms with Gasteiger partial charge < -0.3 is 0 Å². The molecule has 0 spiro atoms. The summed E-state index contributed by atoms with van der Waals surface area (Å²) >= 11 is 0. The maximum atomic E-state index is 12.7. The Morgan fingerprint density at radius 3 is 2.67 bits per heavy atom. The van der Waals surface area contributed by atoms with Crippen LogP contribution in [0.3, 0.4) is 0 Å². The Kier molecular flexibility index (Phi) is 2.27. The Balaban J connectivity index is 3.11. The molecule has 1 aromatic heterocycles. The van der Waals surface area contributed by atoms with E-state index in [2.05, 4.69) is 11.6 Å². The summed E-state index contributed by atoms with van der Waals surface area (Å²) < 4.78 is 12.7. The summed E-state index contributed by atoms with van der Waals surface area (Å²) in [5.74, 6) is -0.303. The molecule has 0 N–H and O–H groups in total. The number of allylic oxidation sites excluding steroid dienone is 1. The van der Waals surface area contributed by atoms with Crippen LogP contribution in [0.25, 0.3) is 0 Å². The average Bonchev–Trinajstić information content (AvgIpc) is 2.05. The van der Waals surface area contributed by atoms with Gasteiger partial charge in [0.05, 0.1) is 6.20 Å². The second-order valence-corrected chi connectivity index (χ2v) is 3.32. The largest absolute Gasteiger partial charge is 0.261 e. The van der Waals surface area contributed by atoms with Crippen LogP contribution in [0.2, 0.25) is 0 Å². The predicted molar refractivity (Wildman–Crippen MR) is 47.4 cm³/mol. The monoisotopic (exact) mass is 165 g/mol. The zero-order valence-electron chi connectivity index (χ0n) is 7.34. The highest BCUT2D eigenvalue weighted by molar-refractivity contribution is 5.25. The summed E-state index contributed by atoms with van der Waals surface area (Å²) in [6, 6.07) is 1.48. The smallest absolute Gasteiger partial charge is 0.141 e. The number of nitrogens with zero attached hydrogens (tertiary/aromatic N) is 1.